The van der Waals surface area contributed by atoms with Crippen LogP contribution in [-0.4, -0.2) is 38.0 Å². The molecule has 0 radical (unpaired) electrons. The van der Waals surface area contributed by atoms with Crippen molar-refractivity contribution in [3.05, 3.63) is 142 Å². The Hall–Kier alpha value is -5.36. The zero-order valence-corrected chi connectivity index (χ0v) is 32.3. The van der Waals surface area contributed by atoms with Crippen LogP contribution >= 0.6 is 0 Å². The monoisotopic (exact) mass is 706 g/mol. The highest BCUT2D eigenvalue weighted by Crippen LogP contribution is 2.37. The molecule has 0 aromatic heterocycles. The zero-order valence-electron chi connectivity index (χ0n) is 32.3. The molecule has 6 nitrogen and oxygen atoms in total. The predicted molar refractivity (Wildman–Crippen MR) is 223 cm³/mol. The highest BCUT2D eigenvalue weighted by atomic mass is 16.2. The van der Waals surface area contributed by atoms with Gasteiger partial charge in [0.2, 0.25) is 0 Å². The molecule has 5 aromatic carbocycles. The predicted octanol–water partition coefficient (Wildman–Crippen LogP) is 11.0. The number of hydrogen-bond donors (Lipinski definition) is 2. The Morgan fingerprint density at radius 3 is 1.45 bits per heavy atom. The molecule has 7 rings (SSSR count). The van der Waals surface area contributed by atoms with Crippen LogP contribution in [0.2, 0.25) is 0 Å². The Labute approximate surface area is 316 Å². The number of nitrogens with one attached hydrogen (secondary N) is 2. The standard InChI is InChI=1S/C27H30N2O.C20H24N2O/c1-19-18-20(2)26(29-16-10-5-11-17-29)21(3)25(19)28-27(30)24-15-9-8-14-23(24)22-12-6-4-7-13-22;1-14-13-15(2)19(22-11-7-8-12-22)16(3)18(14)21-20(23)17-9-5-4-6-10-17/h4,6-9,12-15,18H,5,10-11,16-17H2,1-3H3,(H,28,30);4-6,9-10,13H,7-8,11-12H2,1-3H3,(H,21,23). The topological polar surface area (TPSA) is 64.7 Å². The van der Waals surface area contributed by atoms with E-state index in [0.29, 0.717) is 11.1 Å². The average molecular weight is 707 g/mol. The Balaban J connectivity index is 0.000000188. The molecule has 2 amide bonds. The number of rotatable bonds is 7. The van der Waals surface area contributed by atoms with E-state index in [2.05, 4.69) is 74.1 Å². The SMILES string of the molecule is Cc1cc(C)c(N2CCCC2)c(C)c1NC(=O)c1ccccc1.Cc1cc(C)c(N2CCCCC2)c(C)c1NC(=O)c1ccccc1-c1ccccc1. The number of carbonyl (C=O) groups is 2. The van der Waals surface area contributed by atoms with E-state index in [4.69, 9.17) is 0 Å². The highest BCUT2D eigenvalue weighted by molar-refractivity contribution is 6.10. The lowest BCUT2D eigenvalue weighted by Crippen LogP contribution is -2.31. The summed E-state index contributed by atoms with van der Waals surface area (Å²) < 4.78 is 0. The number of benzene rings is 5. The zero-order chi connectivity index (χ0) is 37.5. The molecular weight excluding hydrogens is 653 g/mol. The summed E-state index contributed by atoms with van der Waals surface area (Å²) in [6.45, 7) is 17.2. The Morgan fingerprint density at radius 1 is 0.491 bits per heavy atom. The number of anilines is 4. The number of amides is 2. The van der Waals surface area contributed by atoms with Gasteiger partial charge in [-0.2, -0.15) is 0 Å². The van der Waals surface area contributed by atoms with Gasteiger partial charge >= 0.3 is 0 Å². The lowest BCUT2D eigenvalue weighted by atomic mass is 9.97. The van der Waals surface area contributed by atoms with E-state index in [1.54, 1.807) is 0 Å². The first kappa shape index (κ1) is 37.4. The largest absolute Gasteiger partial charge is 0.371 e. The van der Waals surface area contributed by atoms with E-state index >= 15 is 0 Å². The minimum atomic E-state index is -0.0610. The smallest absolute Gasteiger partial charge is 0.256 e. The fourth-order valence-electron chi connectivity index (χ4n) is 8.27. The third-order valence-electron chi connectivity index (χ3n) is 10.7. The van der Waals surface area contributed by atoms with Crippen molar-refractivity contribution in [2.45, 2.75) is 73.6 Å². The van der Waals surface area contributed by atoms with Crippen molar-refractivity contribution in [2.75, 3.05) is 46.6 Å². The molecule has 2 saturated heterocycles. The first-order valence-corrected chi connectivity index (χ1v) is 19.2. The lowest BCUT2D eigenvalue weighted by Gasteiger charge is -2.33. The molecule has 0 spiro atoms. The second-order valence-electron chi connectivity index (χ2n) is 14.6. The van der Waals surface area contributed by atoms with Gasteiger partial charge in [-0.15, -0.1) is 0 Å². The molecule has 0 aliphatic carbocycles. The van der Waals surface area contributed by atoms with E-state index in [1.807, 2.05) is 84.9 Å². The van der Waals surface area contributed by atoms with Gasteiger partial charge in [-0.05, 0) is 136 Å². The normalized spacial score (nSPS) is 14.0. The fraction of sp³-hybridized carbons (Fsp3) is 0.319. The van der Waals surface area contributed by atoms with Crippen LogP contribution in [0.15, 0.2) is 97.1 Å². The molecule has 0 atom stereocenters. The molecule has 2 fully saturated rings. The van der Waals surface area contributed by atoms with Crippen LogP contribution in [0.1, 0.15) is 86.2 Å². The van der Waals surface area contributed by atoms with Gasteiger partial charge in [0.15, 0.2) is 0 Å². The highest BCUT2D eigenvalue weighted by Gasteiger charge is 2.22. The van der Waals surface area contributed by atoms with Gasteiger partial charge in [0.05, 0.1) is 0 Å². The molecule has 0 unspecified atom stereocenters. The summed E-state index contributed by atoms with van der Waals surface area (Å²) in [4.78, 5) is 30.8. The molecule has 274 valence electrons. The Kier molecular flexibility index (Phi) is 12.0. The number of aryl methyl sites for hydroxylation is 4. The van der Waals surface area contributed by atoms with Crippen LogP contribution in [0.5, 0.6) is 0 Å². The Morgan fingerprint density at radius 2 is 0.925 bits per heavy atom. The maximum absolute atomic E-state index is 13.4. The van der Waals surface area contributed by atoms with Crippen molar-refractivity contribution in [2.24, 2.45) is 0 Å². The van der Waals surface area contributed by atoms with Crippen molar-refractivity contribution in [1.29, 1.82) is 0 Å². The van der Waals surface area contributed by atoms with Gasteiger partial charge in [0, 0.05) is 60.1 Å². The molecule has 0 bridgehead atoms. The molecule has 6 heteroatoms. The maximum Gasteiger partial charge on any atom is 0.256 e. The summed E-state index contributed by atoms with van der Waals surface area (Å²) in [7, 11) is 0. The van der Waals surface area contributed by atoms with Crippen molar-refractivity contribution in [3.63, 3.8) is 0 Å². The molecule has 2 heterocycles. The molecule has 0 saturated carbocycles. The van der Waals surface area contributed by atoms with Gasteiger partial charge in [-0.3, -0.25) is 9.59 Å². The van der Waals surface area contributed by atoms with Crippen LogP contribution in [0.4, 0.5) is 22.7 Å². The Bertz CT molecular complexity index is 2060. The average Bonchev–Trinajstić information content (AvgIpc) is 3.70. The minimum absolute atomic E-state index is 0.0481. The minimum Gasteiger partial charge on any atom is -0.371 e. The van der Waals surface area contributed by atoms with Crippen molar-refractivity contribution < 1.29 is 9.59 Å². The molecule has 2 aliphatic heterocycles. The van der Waals surface area contributed by atoms with E-state index in [9.17, 15) is 9.59 Å². The number of piperidine rings is 1. The summed E-state index contributed by atoms with van der Waals surface area (Å²) in [5, 5.41) is 6.37. The molecular formula is C47H54N4O2. The first-order chi connectivity index (χ1) is 25.6. The first-order valence-electron chi connectivity index (χ1n) is 19.2. The van der Waals surface area contributed by atoms with E-state index in [-0.39, 0.29) is 11.8 Å². The van der Waals surface area contributed by atoms with Gasteiger partial charge in [0.1, 0.15) is 0 Å². The van der Waals surface area contributed by atoms with Gasteiger partial charge < -0.3 is 20.4 Å². The van der Waals surface area contributed by atoms with Crippen LogP contribution < -0.4 is 20.4 Å². The van der Waals surface area contributed by atoms with E-state index in [0.717, 1.165) is 59.8 Å². The summed E-state index contributed by atoms with van der Waals surface area (Å²) in [6, 6.07) is 31.7. The van der Waals surface area contributed by atoms with Crippen LogP contribution in [0.3, 0.4) is 0 Å². The van der Waals surface area contributed by atoms with Gasteiger partial charge in [-0.1, -0.05) is 78.9 Å². The summed E-state index contributed by atoms with van der Waals surface area (Å²) in [5.41, 5.74) is 15.0. The van der Waals surface area contributed by atoms with Crippen molar-refractivity contribution >= 4 is 34.6 Å². The summed E-state index contributed by atoms with van der Waals surface area (Å²) >= 11 is 0. The van der Waals surface area contributed by atoms with Gasteiger partial charge in [-0.25, -0.2) is 0 Å². The molecule has 2 N–H and O–H groups in total. The molecule has 2 aliphatic rings. The maximum atomic E-state index is 13.4. The second kappa shape index (κ2) is 17.0. The van der Waals surface area contributed by atoms with Crippen molar-refractivity contribution in [1.82, 2.24) is 0 Å². The van der Waals surface area contributed by atoms with Crippen molar-refractivity contribution in [3.8, 4) is 11.1 Å². The van der Waals surface area contributed by atoms with E-state index < -0.39 is 0 Å². The number of hydrogen-bond acceptors (Lipinski definition) is 4. The van der Waals surface area contributed by atoms with Crippen LogP contribution in [-0.2, 0) is 0 Å². The van der Waals surface area contributed by atoms with Gasteiger partial charge in [0.25, 0.3) is 11.8 Å². The quantitative estimate of drug-likeness (QED) is 0.177. The summed E-state index contributed by atoms with van der Waals surface area (Å²) in [5.74, 6) is -0.109. The summed E-state index contributed by atoms with van der Waals surface area (Å²) in [6.07, 6.45) is 6.27. The number of carbonyl (C=O) groups excluding carboxylic acids is 2. The fourth-order valence-corrected chi connectivity index (χ4v) is 8.27. The van der Waals surface area contributed by atoms with Crippen LogP contribution in [0, 0.1) is 41.5 Å². The third kappa shape index (κ3) is 8.49. The number of nitrogens with zero attached hydrogens (tertiary/aromatic N) is 2. The molecule has 5 aromatic rings. The van der Waals surface area contributed by atoms with E-state index in [1.165, 1.54) is 65.7 Å². The molecule has 53 heavy (non-hydrogen) atoms. The van der Waals surface area contributed by atoms with Crippen LogP contribution in [0.25, 0.3) is 11.1 Å². The lowest BCUT2D eigenvalue weighted by molar-refractivity contribution is 0.101. The second-order valence-corrected chi connectivity index (χ2v) is 14.6. The third-order valence-corrected chi connectivity index (χ3v) is 10.7.